The van der Waals surface area contributed by atoms with Gasteiger partial charge in [0.2, 0.25) is 0 Å². The monoisotopic (exact) mass is 853 g/mol. The Bertz CT molecular complexity index is 3750. The number of rotatable bonds is 8. The minimum atomic E-state index is -0.553. The molecule has 314 valence electrons. The Hall–Kier alpha value is -8.72. The van der Waals surface area contributed by atoms with E-state index < -0.39 is 5.41 Å². The zero-order valence-corrected chi connectivity index (χ0v) is 36.7. The SMILES string of the molecule is c1ccc(-c2ccc(-c3cccc4ccccc34)cc2N(c2ccc(-c3ccc4oc5ccccc5c4c3)cc2)c2cccc3c2-c2ccccc2C3(c2ccccc2)c2ccccc2)cc1. The number of anilines is 3. The van der Waals surface area contributed by atoms with Crippen molar-refractivity contribution in [2.24, 2.45) is 0 Å². The zero-order valence-electron chi connectivity index (χ0n) is 36.7. The maximum absolute atomic E-state index is 6.23. The Morgan fingerprint density at radius 2 is 0.896 bits per heavy atom. The molecule has 0 unspecified atom stereocenters. The second-order valence-electron chi connectivity index (χ2n) is 17.5. The van der Waals surface area contributed by atoms with Crippen molar-refractivity contribution in [2.45, 2.75) is 5.41 Å². The Labute approximate surface area is 390 Å². The third kappa shape index (κ3) is 6.18. The summed E-state index contributed by atoms with van der Waals surface area (Å²) in [5.41, 5.74) is 18.9. The van der Waals surface area contributed by atoms with Gasteiger partial charge in [-0.1, -0.05) is 218 Å². The molecule has 11 aromatic carbocycles. The summed E-state index contributed by atoms with van der Waals surface area (Å²) in [6.45, 7) is 0. The number of hydrogen-bond donors (Lipinski definition) is 0. The molecule has 67 heavy (non-hydrogen) atoms. The van der Waals surface area contributed by atoms with Crippen LogP contribution in [0, 0.1) is 0 Å². The van der Waals surface area contributed by atoms with Crippen LogP contribution < -0.4 is 4.90 Å². The fourth-order valence-electron chi connectivity index (χ4n) is 11.0. The van der Waals surface area contributed by atoms with Gasteiger partial charge in [0.15, 0.2) is 0 Å². The van der Waals surface area contributed by atoms with E-state index in [-0.39, 0.29) is 0 Å². The van der Waals surface area contributed by atoms with Crippen LogP contribution in [0.3, 0.4) is 0 Å². The van der Waals surface area contributed by atoms with Crippen molar-refractivity contribution in [3.05, 3.63) is 283 Å². The molecule has 0 atom stereocenters. The van der Waals surface area contributed by atoms with E-state index in [1.807, 2.05) is 12.1 Å². The van der Waals surface area contributed by atoms with Gasteiger partial charge in [0.25, 0.3) is 0 Å². The average molecular weight is 854 g/mol. The number of furan rings is 1. The maximum atomic E-state index is 6.23. The summed E-state index contributed by atoms with van der Waals surface area (Å²) in [5.74, 6) is 0. The lowest BCUT2D eigenvalue weighted by atomic mass is 9.68. The van der Waals surface area contributed by atoms with Crippen molar-refractivity contribution < 1.29 is 4.42 Å². The van der Waals surface area contributed by atoms with Crippen LogP contribution in [0.1, 0.15) is 22.3 Å². The molecular weight excluding hydrogens is 811 g/mol. The predicted octanol–water partition coefficient (Wildman–Crippen LogP) is 17.6. The van der Waals surface area contributed by atoms with Crippen LogP contribution in [0.5, 0.6) is 0 Å². The molecule has 0 saturated carbocycles. The molecular formula is C65H43NO. The third-order valence-corrected chi connectivity index (χ3v) is 14.0. The molecule has 0 bridgehead atoms. The molecule has 0 radical (unpaired) electrons. The lowest BCUT2D eigenvalue weighted by Crippen LogP contribution is -2.28. The largest absolute Gasteiger partial charge is 0.456 e. The quantitative estimate of drug-likeness (QED) is 0.151. The van der Waals surface area contributed by atoms with Gasteiger partial charge in [-0.15, -0.1) is 0 Å². The van der Waals surface area contributed by atoms with Crippen LogP contribution in [-0.4, -0.2) is 0 Å². The van der Waals surface area contributed by atoms with Gasteiger partial charge in [-0.2, -0.15) is 0 Å². The number of para-hydroxylation sites is 1. The van der Waals surface area contributed by atoms with E-state index in [1.165, 1.54) is 49.7 Å². The van der Waals surface area contributed by atoms with Crippen molar-refractivity contribution in [2.75, 3.05) is 4.90 Å². The summed E-state index contributed by atoms with van der Waals surface area (Å²) in [7, 11) is 0. The van der Waals surface area contributed by atoms with Crippen LogP contribution in [0.15, 0.2) is 265 Å². The van der Waals surface area contributed by atoms with E-state index in [0.29, 0.717) is 0 Å². The van der Waals surface area contributed by atoms with Gasteiger partial charge in [-0.3, -0.25) is 0 Å². The fourth-order valence-corrected chi connectivity index (χ4v) is 11.0. The predicted molar refractivity (Wildman–Crippen MR) is 280 cm³/mol. The summed E-state index contributed by atoms with van der Waals surface area (Å²) < 4.78 is 6.23. The van der Waals surface area contributed by atoms with Gasteiger partial charge in [0, 0.05) is 27.6 Å². The van der Waals surface area contributed by atoms with Crippen molar-refractivity contribution in [1.82, 2.24) is 0 Å². The molecule has 1 aliphatic rings. The molecule has 0 spiro atoms. The zero-order chi connectivity index (χ0) is 44.3. The molecule has 0 fully saturated rings. The van der Waals surface area contributed by atoms with E-state index >= 15 is 0 Å². The summed E-state index contributed by atoms with van der Waals surface area (Å²) in [6.07, 6.45) is 0. The second kappa shape index (κ2) is 15.8. The first-order valence-corrected chi connectivity index (χ1v) is 23.1. The molecule has 0 saturated heterocycles. The highest BCUT2D eigenvalue weighted by Gasteiger charge is 2.47. The highest BCUT2D eigenvalue weighted by atomic mass is 16.3. The van der Waals surface area contributed by atoms with Gasteiger partial charge in [-0.05, 0) is 109 Å². The molecule has 1 heterocycles. The Morgan fingerprint density at radius 1 is 0.313 bits per heavy atom. The first-order valence-electron chi connectivity index (χ1n) is 23.1. The molecule has 12 aromatic rings. The smallest absolute Gasteiger partial charge is 0.135 e. The van der Waals surface area contributed by atoms with Crippen LogP contribution >= 0.6 is 0 Å². The summed E-state index contributed by atoms with van der Waals surface area (Å²) in [4.78, 5) is 2.52. The van der Waals surface area contributed by atoms with Crippen molar-refractivity contribution >= 4 is 49.8 Å². The lowest BCUT2D eigenvalue weighted by molar-refractivity contribution is 0.669. The molecule has 0 aliphatic heterocycles. The minimum Gasteiger partial charge on any atom is -0.456 e. The summed E-state index contributed by atoms with van der Waals surface area (Å²) in [5, 5.41) is 4.70. The van der Waals surface area contributed by atoms with E-state index in [2.05, 4.69) is 254 Å². The van der Waals surface area contributed by atoms with Crippen molar-refractivity contribution in [3.63, 3.8) is 0 Å². The number of benzene rings is 11. The molecule has 2 heteroatoms. The molecule has 0 N–H and O–H groups in total. The molecule has 1 aliphatic carbocycles. The topological polar surface area (TPSA) is 16.4 Å². The van der Waals surface area contributed by atoms with E-state index in [4.69, 9.17) is 4.42 Å². The second-order valence-corrected chi connectivity index (χ2v) is 17.5. The molecule has 2 nitrogen and oxygen atoms in total. The molecule has 0 amide bonds. The van der Waals surface area contributed by atoms with Gasteiger partial charge >= 0.3 is 0 Å². The number of nitrogens with zero attached hydrogens (tertiary/aromatic N) is 1. The highest BCUT2D eigenvalue weighted by Crippen LogP contribution is 2.60. The maximum Gasteiger partial charge on any atom is 0.135 e. The standard InChI is InChI=1S/C65H43NO/c1-4-18-46(19-5-1)54-40-36-48(53-29-16-21-45-20-10-11-26-52(45)53)43-61(54)66(51-38-34-44(35-39-51)47-37-41-63-57(42-47)55-27-13-15-33-62(55)67-63)60-32-17-31-59-64(60)56-28-12-14-30-58(56)65(59,49-22-6-2-7-23-49)50-24-8-3-9-25-50/h1-43H. The molecule has 1 aromatic heterocycles. The normalized spacial score (nSPS) is 12.6. The van der Waals surface area contributed by atoms with Gasteiger partial charge in [0.1, 0.15) is 11.2 Å². The Morgan fingerprint density at radius 3 is 1.69 bits per heavy atom. The van der Waals surface area contributed by atoms with Gasteiger partial charge < -0.3 is 9.32 Å². The first-order chi connectivity index (χ1) is 33.2. The van der Waals surface area contributed by atoms with E-state index in [0.717, 1.165) is 66.8 Å². The first kappa shape index (κ1) is 38.7. The number of fused-ring (bicyclic) bond motifs is 7. The van der Waals surface area contributed by atoms with E-state index in [1.54, 1.807) is 0 Å². The number of hydrogen-bond acceptors (Lipinski definition) is 2. The lowest BCUT2D eigenvalue weighted by Gasteiger charge is -2.34. The van der Waals surface area contributed by atoms with Crippen LogP contribution in [0.25, 0.3) is 77.2 Å². The third-order valence-electron chi connectivity index (χ3n) is 14.0. The fraction of sp³-hybridized carbons (Fsp3) is 0.0154. The van der Waals surface area contributed by atoms with Crippen molar-refractivity contribution in [3.8, 4) is 44.5 Å². The average Bonchev–Trinajstić information content (AvgIpc) is 3.93. The Balaban J connectivity index is 1.09. The Kier molecular flexibility index (Phi) is 9.11. The summed E-state index contributed by atoms with van der Waals surface area (Å²) >= 11 is 0. The van der Waals surface area contributed by atoms with E-state index in [9.17, 15) is 0 Å². The highest BCUT2D eigenvalue weighted by molar-refractivity contribution is 6.07. The van der Waals surface area contributed by atoms with Gasteiger partial charge in [-0.25, -0.2) is 0 Å². The minimum absolute atomic E-state index is 0.553. The van der Waals surface area contributed by atoms with Crippen LogP contribution in [0.4, 0.5) is 17.1 Å². The van der Waals surface area contributed by atoms with Crippen LogP contribution in [0.2, 0.25) is 0 Å². The molecule has 13 rings (SSSR count). The van der Waals surface area contributed by atoms with Crippen molar-refractivity contribution in [1.29, 1.82) is 0 Å². The van der Waals surface area contributed by atoms with Gasteiger partial charge in [0.05, 0.1) is 16.8 Å². The summed E-state index contributed by atoms with van der Waals surface area (Å²) in [6, 6.07) is 95.4. The van der Waals surface area contributed by atoms with Crippen LogP contribution in [-0.2, 0) is 5.41 Å².